The Morgan fingerprint density at radius 3 is 2.48 bits per heavy atom. The Morgan fingerprint density at radius 2 is 1.91 bits per heavy atom. The van der Waals surface area contributed by atoms with Gasteiger partial charge in [-0.1, -0.05) is 12.1 Å². The van der Waals surface area contributed by atoms with Crippen molar-refractivity contribution in [2.45, 2.75) is 44.2 Å². The van der Waals surface area contributed by atoms with Crippen LogP contribution in [0.15, 0.2) is 36.7 Å². The van der Waals surface area contributed by atoms with Crippen LogP contribution in [0.4, 0.5) is 0 Å². The topological polar surface area (TPSA) is 83.8 Å². The fraction of sp³-hybridized carbons (Fsp3) is 0.444. The summed E-state index contributed by atoms with van der Waals surface area (Å²) in [4.78, 5) is 12.4. The molecule has 2 aliphatic carbocycles. The number of amides is 1. The molecule has 2 fully saturated rings. The van der Waals surface area contributed by atoms with E-state index in [9.17, 15) is 4.79 Å². The van der Waals surface area contributed by atoms with Gasteiger partial charge in [0.2, 0.25) is 0 Å². The van der Waals surface area contributed by atoms with Crippen LogP contribution in [0, 0.1) is 5.41 Å². The lowest BCUT2D eigenvalue weighted by Gasteiger charge is -2.29. The first-order valence-corrected chi connectivity index (χ1v) is 8.32. The second-order valence-corrected chi connectivity index (χ2v) is 6.99. The molecule has 2 aliphatic rings. The summed E-state index contributed by atoms with van der Waals surface area (Å²) in [6.07, 6.45) is 9.18. The number of hydrogen-bond donors (Lipinski definition) is 3. The number of hydrogen-bond acceptors (Lipinski definition) is 3. The molecule has 4 rings (SSSR count). The van der Waals surface area contributed by atoms with E-state index in [2.05, 4.69) is 15.5 Å². The van der Waals surface area contributed by atoms with E-state index < -0.39 is 0 Å². The predicted octanol–water partition coefficient (Wildman–Crippen LogP) is 2.47. The molecular weight excluding hydrogens is 288 g/mol. The quantitative estimate of drug-likeness (QED) is 0.814. The Bertz CT molecular complexity index is 684. The molecule has 0 radical (unpaired) electrons. The summed E-state index contributed by atoms with van der Waals surface area (Å²) in [6.45, 7) is 0. The summed E-state index contributed by atoms with van der Waals surface area (Å²) < 4.78 is 0. The van der Waals surface area contributed by atoms with Crippen LogP contribution in [-0.2, 0) is 0 Å². The highest BCUT2D eigenvalue weighted by Crippen LogP contribution is 2.54. The van der Waals surface area contributed by atoms with Gasteiger partial charge in [-0.15, -0.1) is 0 Å². The number of nitrogens with one attached hydrogen (secondary N) is 2. The molecule has 23 heavy (non-hydrogen) atoms. The zero-order valence-electron chi connectivity index (χ0n) is 13.1. The Hall–Kier alpha value is -2.14. The fourth-order valence-electron chi connectivity index (χ4n) is 3.78. The molecule has 0 aliphatic heterocycles. The Labute approximate surface area is 135 Å². The lowest BCUT2D eigenvalue weighted by atomic mass is 9.83. The van der Waals surface area contributed by atoms with E-state index in [4.69, 9.17) is 5.73 Å². The second-order valence-electron chi connectivity index (χ2n) is 6.99. The van der Waals surface area contributed by atoms with Crippen LogP contribution < -0.4 is 11.1 Å². The number of nitrogens with two attached hydrogens (primary N) is 1. The molecular formula is C18H22N4O. The maximum atomic E-state index is 12.4. The molecule has 1 unspecified atom stereocenters. The van der Waals surface area contributed by atoms with Crippen LogP contribution in [0.2, 0.25) is 0 Å². The SMILES string of the molecule is NC1CC12CCC(NC(=O)c1ccc(-c3cn[nH]c3)cc1)CC2. The minimum Gasteiger partial charge on any atom is -0.349 e. The Balaban J connectivity index is 1.36. The average molecular weight is 310 g/mol. The lowest BCUT2D eigenvalue weighted by Crippen LogP contribution is -2.38. The molecule has 1 atom stereocenters. The number of H-pyrrole nitrogens is 1. The minimum absolute atomic E-state index is 0.0183. The van der Waals surface area contributed by atoms with Gasteiger partial charge in [-0.25, -0.2) is 0 Å². The zero-order chi connectivity index (χ0) is 15.9. The van der Waals surface area contributed by atoms with Gasteiger partial charge in [0.15, 0.2) is 0 Å². The third kappa shape index (κ3) is 2.77. The smallest absolute Gasteiger partial charge is 0.251 e. The standard InChI is InChI=1S/C18H22N4O/c19-16-9-18(16)7-5-15(6-8-18)22-17(23)13-3-1-12(2-4-13)14-10-20-21-11-14/h1-4,10-11,15-16H,5-9,19H2,(H,20,21)(H,22,23). The third-order valence-corrected chi connectivity index (χ3v) is 5.55. The van der Waals surface area contributed by atoms with Gasteiger partial charge in [0.25, 0.3) is 5.91 Å². The van der Waals surface area contributed by atoms with E-state index in [0.29, 0.717) is 17.0 Å². The first-order valence-electron chi connectivity index (χ1n) is 8.32. The van der Waals surface area contributed by atoms with E-state index in [1.165, 1.54) is 6.42 Å². The van der Waals surface area contributed by atoms with Gasteiger partial charge >= 0.3 is 0 Å². The number of benzene rings is 1. The molecule has 1 aromatic carbocycles. The van der Waals surface area contributed by atoms with Gasteiger partial charge in [-0.2, -0.15) is 5.10 Å². The van der Waals surface area contributed by atoms with Crippen LogP contribution >= 0.6 is 0 Å². The fourth-order valence-corrected chi connectivity index (χ4v) is 3.78. The van der Waals surface area contributed by atoms with Crippen molar-refractivity contribution in [1.29, 1.82) is 0 Å². The van der Waals surface area contributed by atoms with Crippen molar-refractivity contribution in [2.75, 3.05) is 0 Å². The summed E-state index contributed by atoms with van der Waals surface area (Å²) >= 11 is 0. The van der Waals surface area contributed by atoms with Gasteiger partial charge in [0.1, 0.15) is 0 Å². The van der Waals surface area contributed by atoms with Gasteiger partial charge in [0, 0.05) is 29.4 Å². The summed E-state index contributed by atoms with van der Waals surface area (Å²) in [5.41, 5.74) is 9.23. The average Bonchev–Trinajstić information content (AvgIpc) is 2.99. The third-order valence-electron chi connectivity index (χ3n) is 5.55. The first kappa shape index (κ1) is 14.5. The van der Waals surface area contributed by atoms with Crippen molar-refractivity contribution in [1.82, 2.24) is 15.5 Å². The summed E-state index contributed by atoms with van der Waals surface area (Å²) in [7, 11) is 0. The maximum absolute atomic E-state index is 12.4. The molecule has 2 aromatic rings. The molecule has 1 amide bonds. The van der Waals surface area contributed by atoms with Crippen LogP contribution in [0.3, 0.4) is 0 Å². The predicted molar refractivity (Wildman–Crippen MR) is 88.8 cm³/mol. The number of carbonyl (C=O) groups is 1. The molecule has 0 saturated heterocycles. The second kappa shape index (κ2) is 5.49. The van der Waals surface area contributed by atoms with Crippen molar-refractivity contribution in [3.05, 3.63) is 42.2 Å². The molecule has 120 valence electrons. The van der Waals surface area contributed by atoms with E-state index in [1.54, 1.807) is 6.20 Å². The van der Waals surface area contributed by atoms with Crippen molar-refractivity contribution in [3.8, 4) is 11.1 Å². The summed E-state index contributed by atoms with van der Waals surface area (Å²) in [5.74, 6) is 0.0183. The number of nitrogens with zero attached hydrogens (tertiary/aromatic N) is 1. The number of aromatic nitrogens is 2. The minimum atomic E-state index is 0.0183. The van der Waals surface area contributed by atoms with Crippen molar-refractivity contribution in [3.63, 3.8) is 0 Å². The van der Waals surface area contributed by atoms with Crippen molar-refractivity contribution < 1.29 is 4.79 Å². The lowest BCUT2D eigenvalue weighted by molar-refractivity contribution is 0.0919. The number of rotatable bonds is 3. The molecule has 5 nitrogen and oxygen atoms in total. The molecule has 4 N–H and O–H groups in total. The van der Waals surface area contributed by atoms with Crippen LogP contribution in [-0.4, -0.2) is 28.2 Å². The van der Waals surface area contributed by atoms with E-state index in [1.807, 2.05) is 30.5 Å². The van der Waals surface area contributed by atoms with Crippen LogP contribution in [0.5, 0.6) is 0 Å². The van der Waals surface area contributed by atoms with E-state index in [0.717, 1.165) is 36.8 Å². The Kier molecular flexibility index (Phi) is 3.45. The van der Waals surface area contributed by atoms with Crippen molar-refractivity contribution >= 4 is 5.91 Å². The zero-order valence-corrected chi connectivity index (χ0v) is 13.1. The highest BCUT2D eigenvalue weighted by Gasteiger charge is 2.52. The monoisotopic (exact) mass is 310 g/mol. The van der Waals surface area contributed by atoms with Crippen molar-refractivity contribution in [2.24, 2.45) is 11.1 Å². The highest BCUT2D eigenvalue weighted by atomic mass is 16.1. The molecule has 1 aromatic heterocycles. The van der Waals surface area contributed by atoms with E-state index >= 15 is 0 Å². The highest BCUT2D eigenvalue weighted by molar-refractivity contribution is 5.94. The van der Waals surface area contributed by atoms with Crippen LogP contribution in [0.25, 0.3) is 11.1 Å². The number of aromatic amines is 1. The van der Waals surface area contributed by atoms with Gasteiger partial charge in [0.05, 0.1) is 6.20 Å². The molecule has 0 bridgehead atoms. The maximum Gasteiger partial charge on any atom is 0.251 e. The first-order chi connectivity index (χ1) is 11.2. The van der Waals surface area contributed by atoms with Gasteiger partial charge in [-0.3, -0.25) is 9.89 Å². The van der Waals surface area contributed by atoms with E-state index in [-0.39, 0.29) is 11.9 Å². The largest absolute Gasteiger partial charge is 0.349 e. The van der Waals surface area contributed by atoms with Gasteiger partial charge in [-0.05, 0) is 55.2 Å². The summed E-state index contributed by atoms with van der Waals surface area (Å²) in [6, 6.07) is 8.35. The molecule has 2 saturated carbocycles. The Morgan fingerprint density at radius 1 is 1.22 bits per heavy atom. The van der Waals surface area contributed by atoms with Crippen LogP contribution in [0.1, 0.15) is 42.5 Å². The van der Waals surface area contributed by atoms with Gasteiger partial charge < -0.3 is 11.1 Å². The molecule has 5 heteroatoms. The summed E-state index contributed by atoms with van der Waals surface area (Å²) in [5, 5.41) is 9.91. The molecule has 1 spiro atoms. The normalized spacial score (nSPS) is 29.4. The number of carbonyl (C=O) groups excluding carboxylic acids is 1. The molecule has 1 heterocycles.